The summed E-state index contributed by atoms with van der Waals surface area (Å²) in [5, 5.41) is 4.09. The zero-order valence-electron chi connectivity index (χ0n) is 9.76. The molecular weight excluding hydrogens is 259 g/mol. The maximum Gasteiger partial charge on any atom is 0.161 e. The van der Waals surface area contributed by atoms with Gasteiger partial charge in [0.2, 0.25) is 0 Å². The Morgan fingerprint density at radius 2 is 2.35 bits per heavy atom. The molecule has 1 aromatic rings. The third-order valence-corrected chi connectivity index (χ3v) is 4.36. The van der Waals surface area contributed by atoms with Crippen molar-refractivity contribution in [1.29, 1.82) is 0 Å². The maximum atomic E-state index is 13.3. The molecule has 2 nitrogen and oxygen atoms in total. The number of hydrogen-bond donors (Lipinski definition) is 1. The molecule has 0 radical (unpaired) electrons. The number of aliphatic imine (C=N–C) groups is 1. The SMILES string of the molecule is CCC1(C)CSC(Nc2ccc(Cl)c(F)c2)=N1. The van der Waals surface area contributed by atoms with Crippen LogP contribution in [-0.4, -0.2) is 16.5 Å². The van der Waals surface area contributed by atoms with Gasteiger partial charge in [0, 0.05) is 11.4 Å². The topological polar surface area (TPSA) is 24.4 Å². The Hall–Kier alpha value is -0.740. The van der Waals surface area contributed by atoms with E-state index in [1.165, 1.54) is 6.07 Å². The minimum Gasteiger partial charge on any atom is -0.335 e. The molecule has 0 bridgehead atoms. The lowest BCUT2D eigenvalue weighted by atomic mass is 10.0. The molecule has 17 heavy (non-hydrogen) atoms. The van der Waals surface area contributed by atoms with E-state index < -0.39 is 5.82 Å². The summed E-state index contributed by atoms with van der Waals surface area (Å²) in [7, 11) is 0. The lowest BCUT2D eigenvalue weighted by Gasteiger charge is -2.15. The summed E-state index contributed by atoms with van der Waals surface area (Å²) in [6.45, 7) is 4.24. The highest BCUT2D eigenvalue weighted by Crippen LogP contribution is 2.31. The molecule has 0 fully saturated rings. The van der Waals surface area contributed by atoms with E-state index in [9.17, 15) is 4.39 Å². The van der Waals surface area contributed by atoms with Gasteiger partial charge in [-0.25, -0.2) is 4.39 Å². The van der Waals surface area contributed by atoms with Gasteiger partial charge in [-0.2, -0.15) is 0 Å². The molecule has 1 atom stereocenters. The Bertz CT molecular complexity index is 464. The first kappa shape index (κ1) is 12.7. The third-order valence-electron chi connectivity index (χ3n) is 2.82. The van der Waals surface area contributed by atoms with E-state index in [0.717, 1.165) is 17.3 Å². The number of nitrogens with zero attached hydrogens (tertiary/aromatic N) is 1. The Morgan fingerprint density at radius 1 is 1.59 bits per heavy atom. The monoisotopic (exact) mass is 272 g/mol. The van der Waals surface area contributed by atoms with E-state index in [1.54, 1.807) is 23.9 Å². The van der Waals surface area contributed by atoms with Gasteiger partial charge in [0.05, 0.1) is 10.6 Å². The van der Waals surface area contributed by atoms with E-state index in [-0.39, 0.29) is 10.6 Å². The second-order valence-electron chi connectivity index (χ2n) is 4.31. The van der Waals surface area contributed by atoms with E-state index >= 15 is 0 Å². The van der Waals surface area contributed by atoms with Gasteiger partial charge >= 0.3 is 0 Å². The van der Waals surface area contributed by atoms with Crippen LogP contribution < -0.4 is 5.32 Å². The second-order valence-corrected chi connectivity index (χ2v) is 5.68. The van der Waals surface area contributed by atoms with Crippen molar-refractivity contribution in [2.75, 3.05) is 11.1 Å². The molecule has 1 aromatic carbocycles. The number of anilines is 1. The summed E-state index contributed by atoms with van der Waals surface area (Å²) in [5.74, 6) is 0.542. The van der Waals surface area contributed by atoms with Gasteiger partial charge < -0.3 is 5.32 Å². The molecule has 0 saturated carbocycles. The van der Waals surface area contributed by atoms with Crippen LogP contribution in [0.3, 0.4) is 0 Å². The first-order valence-electron chi connectivity index (χ1n) is 5.47. The van der Waals surface area contributed by atoms with Crippen molar-refractivity contribution < 1.29 is 4.39 Å². The molecule has 1 unspecified atom stereocenters. The molecule has 92 valence electrons. The molecule has 1 aliphatic rings. The molecule has 0 spiro atoms. The Morgan fingerprint density at radius 3 is 2.94 bits per heavy atom. The fourth-order valence-corrected chi connectivity index (χ4v) is 2.78. The standard InChI is InChI=1S/C12H14ClFN2S/c1-3-12(2)7-17-11(16-12)15-8-4-5-9(13)10(14)6-8/h4-6H,3,7H2,1-2H3,(H,15,16). The normalized spacial score (nSPS) is 23.6. The average Bonchev–Trinajstić information content (AvgIpc) is 2.67. The van der Waals surface area contributed by atoms with E-state index in [4.69, 9.17) is 11.6 Å². The highest BCUT2D eigenvalue weighted by molar-refractivity contribution is 8.14. The first-order valence-corrected chi connectivity index (χ1v) is 6.83. The molecular formula is C12H14ClFN2S. The lowest BCUT2D eigenvalue weighted by molar-refractivity contribution is 0.523. The maximum absolute atomic E-state index is 13.3. The quantitative estimate of drug-likeness (QED) is 0.874. The zero-order valence-corrected chi connectivity index (χ0v) is 11.3. The fourth-order valence-electron chi connectivity index (χ4n) is 1.48. The molecule has 0 amide bonds. The highest BCUT2D eigenvalue weighted by Gasteiger charge is 2.28. The van der Waals surface area contributed by atoms with Crippen molar-refractivity contribution in [1.82, 2.24) is 0 Å². The number of amidine groups is 1. The minimum absolute atomic E-state index is 0.00201. The highest BCUT2D eigenvalue weighted by atomic mass is 35.5. The number of halogens is 2. The third kappa shape index (κ3) is 2.93. The molecule has 0 aliphatic carbocycles. The summed E-state index contributed by atoms with van der Waals surface area (Å²) in [6.07, 6.45) is 1.00. The van der Waals surface area contributed by atoms with Crippen molar-refractivity contribution >= 4 is 34.2 Å². The number of benzene rings is 1. The smallest absolute Gasteiger partial charge is 0.161 e. The summed E-state index contributed by atoms with van der Waals surface area (Å²) in [5.41, 5.74) is 0.677. The van der Waals surface area contributed by atoms with Crippen LogP contribution in [0.4, 0.5) is 10.1 Å². The van der Waals surface area contributed by atoms with Gasteiger partial charge in [0.15, 0.2) is 5.17 Å². The van der Waals surface area contributed by atoms with Crippen LogP contribution in [0.1, 0.15) is 20.3 Å². The lowest BCUT2D eigenvalue weighted by Crippen LogP contribution is -2.20. The molecule has 2 rings (SSSR count). The van der Waals surface area contributed by atoms with Crippen LogP contribution >= 0.6 is 23.4 Å². The van der Waals surface area contributed by atoms with Crippen molar-refractivity contribution in [2.24, 2.45) is 4.99 Å². The Balaban J connectivity index is 2.12. The van der Waals surface area contributed by atoms with E-state index in [2.05, 4.69) is 24.2 Å². The molecule has 0 saturated heterocycles. The van der Waals surface area contributed by atoms with Crippen LogP contribution in [0.5, 0.6) is 0 Å². The molecule has 5 heteroatoms. The van der Waals surface area contributed by atoms with Crippen molar-refractivity contribution in [3.63, 3.8) is 0 Å². The largest absolute Gasteiger partial charge is 0.335 e. The van der Waals surface area contributed by atoms with Crippen LogP contribution in [0.15, 0.2) is 23.2 Å². The number of rotatable bonds is 2. The van der Waals surface area contributed by atoms with Crippen molar-refractivity contribution in [3.8, 4) is 0 Å². The molecule has 1 heterocycles. The average molecular weight is 273 g/mol. The zero-order chi connectivity index (χ0) is 12.5. The number of thioether (sulfide) groups is 1. The van der Waals surface area contributed by atoms with Crippen molar-refractivity contribution in [3.05, 3.63) is 29.0 Å². The summed E-state index contributed by atoms with van der Waals surface area (Å²) in [4.78, 5) is 4.60. The van der Waals surface area contributed by atoms with E-state index in [1.807, 2.05) is 0 Å². The number of hydrogen-bond acceptors (Lipinski definition) is 3. The van der Waals surface area contributed by atoms with Gasteiger partial charge in [-0.3, -0.25) is 4.99 Å². The summed E-state index contributed by atoms with van der Waals surface area (Å²) >= 11 is 7.29. The Kier molecular flexibility index (Phi) is 3.64. The van der Waals surface area contributed by atoms with Gasteiger partial charge in [-0.05, 0) is 31.5 Å². The van der Waals surface area contributed by atoms with Gasteiger partial charge in [-0.1, -0.05) is 30.3 Å². The minimum atomic E-state index is -0.418. The summed E-state index contributed by atoms with van der Waals surface area (Å²) in [6, 6.07) is 4.67. The van der Waals surface area contributed by atoms with Crippen LogP contribution in [0.2, 0.25) is 5.02 Å². The van der Waals surface area contributed by atoms with Crippen molar-refractivity contribution in [2.45, 2.75) is 25.8 Å². The van der Waals surface area contributed by atoms with Crippen LogP contribution in [0.25, 0.3) is 0 Å². The van der Waals surface area contributed by atoms with E-state index in [0.29, 0.717) is 5.69 Å². The number of nitrogens with one attached hydrogen (secondary N) is 1. The Labute approximate surface area is 110 Å². The predicted molar refractivity (Wildman–Crippen MR) is 73.6 cm³/mol. The molecule has 1 N–H and O–H groups in total. The molecule has 1 aliphatic heterocycles. The van der Waals surface area contributed by atoms with Crippen LogP contribution in [0, 0.1) is 5.82 Å². The first-order chi connectivity index (χ1) is 8.02. The van der Waals surface area contributed by atoms with Gasteiger partial charge in [0.25, 0.3) is 0 Å². The van der Waals surface area contributed by atoms with Crippen LogP contribution in [-0.2, 0) is 0 Å². The van der Waals surface area contributed by atoms with Gasteiger partial charge in [0.1, 0.15) is 5.82 Å². The summed E-state index contributed by atoms with van der Waals surface area (Å²) < 4.78 is 13.3. The predicted octanol–water partition coefficient (Wildman–Crippen LogP) is 4.16. The van der Waals surface area contributed by atoms with Gasteiger partial charge in [-0.15, -0.1) is 0 Å². The fraction of sp³-hybridized carbons (Fsp3) is 0.417. The second kappa shape index (κ2) is 4.86. The molecule has 0 aromatic heterocycles.